The molecule has 3 aromatic rings. The zero-order valence-corrected chi connectivity index (χ0v) is 15.0. The molecule has 0 saturated heterocycles. The summed E-state index contributed by atoms with van der Waals surface area (Å²) >= 11 is 0. The molecule has 0 aliphatic carbocycles. The van der Waals surface area contributed by atoms with E-state index in [2.05, 4.69) is 10.2 Å². The number of carbonyl (C=O) groups is 1. The van der Waals surface area contributed by atoms with Gasteiger partial charge in [-0.15, -0.1) is 5.11 Å². The first kappa shape index (κ1) is 18.2. The number of nitrogens with zero attached hydrogens (tertiary/aromatic N) is 4. The number of benzene rings is 2. The molecular weight excluding hydrogens is 348 g/mol. The SMILES string of the molecule is CCOC(=O)Cc1c(N=Nc2ccc([N+](=O)[O-])cc2)c2ccccc2n1C. The van der Waals surface area contributed by atoms with Crippen molar-refractivity contribution in [2.75, 3.05) is 6.61 Å². The molecule has 0 atom stereocenters. The smallest absolute Gasteiger partial charge is 0.311 e. The van der Waals surface area contributed by atoms with Crippen LogP contribution < -0.4 is 0 Å². The number of non-ortho nitro benzene ring substituents is 1. The largest absolute Gasteiger partial charge is 0.466 e. The lowest BCUT2D eigenvalue weighted by Gasteiger charge is -2.05. The van der Waals surface area contributed by atoms with Crippen LogP contribution in [0.5, 0.6) is 0 Å². The molecule has 138 valence electrons. The van der Waals surface area contributed by atoms with Crippen molar-refractivity contribution in [1.29, 1.82) is 0 Å². The van der Waals surface area contributed by atoms with Crippen molar-refractivity contribution in [3.8, 4) is 0 Å². The summed E-state index contributed by atoms with van der Waals surface area (Å²) in [6.45, 7) is 2.07. The highest BCUT2D eigenvalue weighted by molar-refractivity contribution is 5.95. The second-order valence-electron chi connectivity index (χ2n) is 5.83. The first-order valence-electron chi connectivity index (χ1n) is 8.39. The van der Waals surface area contributed by atoms with Gasteiger partial charge in [-0.25, -0.2) is 0 Å². The average Bonchev–Trinajstić information content (AvgIpc) is 2.92. The molecule has 0 amide bonds. The van der Waals surface area contributed by atoms with Crippen LogP contribution in [0.15, 0.2) is 58.8 Å². The van der Waals surface area contributed by atoms with Gasteiger partial charge in [0.25, 0.3) is 5.69 Å². The van der Waals surface area contributed by atoms with Crippen molar-refractivity contribution in [1.82, 2.24) is 4.57 Å². The summed E-state index contributed by atoms with van der Waals surface area (Å²) in [6.07, 6.45) is 0.0770. The number of nitro groups is 1. The van der Waals surface area contributed by atoms with E-state index in [1.807, 2.05) is 35.9 Å². The van der Waals surface area contributed by atoms with E-state index in [1.54, 1.807) is 6.92 Å². The Kier molecular flexibility index (Phi) is 5.25. The fraction of sp³-hybridized carbons (Fsp3) is 0.211. The van der Waals surface area contributed by atoms with E-state index < -0.39 is 4.92 Å². The predicted molar refractivity (Wildman–Crippen MR) is 101 cm³/mol. The number of aryl methyl sites for hydroxylation is 1. The lowest BCUT2D eigenvalue weighted by Crippen LogP contribution is -2.10. The standard InChI is InChI=1S/C19H18N4O4/c1-3-27-18(24)12-17-19(15-6-4-5-7-16(15)22(17)2)21-20-13-8-10-14(11-9-13)23(25)26/h4-11H,3,12H2,1-2H3. The van der Waals surface area contributed by atoms with Crippen LogP contribution in [0.1, 0.15) is 12.6 Å². The number of hydrogen-bond acceptors (Lipinski definition) is 6. The molecule has 0 aliphatic heterocycles. The first-order valence-corrected chi connectivity index (χ1v) is 8.39. The van der Waals surface area contributed by atoms with Crippen molar-refractivity contribution < 1.29 is 14.5 Å². The van der Waals surface area contributed by atoms with Crippen LogP contribution >= 0.6 is 0 Å². The molecule has 0 bridgehead atoms. The van der Waals surface area contributed by atoms with Gasteiger partial charge >= 0.3 is 5.97 Å². The van der Waals surface area contributed by atoms with Gasteiger partial charge in [0, 0.05) is 24.6 Å². The van der Waals surface area contributed by atoms with Gasteiger partial charge in [-0.3, -0.25) is 14.9 Å². The highest BCUT2D eigenvalue weighted by atomic mass is 16.6. The van der Waals surface area contributed by atoms with E-state index in [0.717, 1.165) is 10.9 Å². The molecule has 0 fully saturated rings. The Morgan fingerprint density at radius 1 is 1.15 bits per heavy atom. The van der Waals surface area contributed by atoms with Crippen molar-refractivity contribution in [3.05, 3.63) is 64.3 Å². The van der Waals surface area contributed by atoms with Crippen molar-refractivity contribution in [2.45, 2.75) is 13.3 Å². The Morgan fingerprint density at radius 2 is 1.85 bits per heavy atom. The van der Waals surface area contributed by atoms with Gasteiger partial charge in [-0.1, -0.05) is 18.2 Å². The summed E-state index contributed by atoms with van der Waals surface area (Å²) in [7, 11) is 1.86. The molecule has 0 radical (unpaired) electrons. The fourth-order valence-corrected chi connectivity index (χ4v) is 2.84. The third kappa shape index (κ3) is 3.84. The molecule has 27 heavy (non-hydrogen) atoms. The van der Waals surface area contributed by atoms with Gasteiger partial charge in [0.15, 0.2) is 0 Å². The van der Waals surface area contributed by atoms with Crippen molar-refractivity contribution in [3.63, 3.8) is 0 Å². The number of fused-ring (bicyclic) bond motifs is 1. The van der Waals surface area contributed by atoms with Gasteiger partial charge in [0.1, 0.15) is 5.69 Å². The molecule has 8 heteroatoms. The zero-order valence-electron chi connectivity index (χ0n) is 15.0. The Bertz CT molecular complexity index is 1020. The summed E-state index contributed by atoms with van der Waals surface area (Å²) in [5, 5.41) is 20.1. The summed E-state index contributed by atoms with van der Waals surface area (Å²) in [6, 6.07) is 13.4. The van der Waals surface area contributed by atoms with E-state index in [9.17, 15) is 14.9 Å². The Hall–Kier alpha value is -3.55. The van der Waals surface area contributed by atoms with E-state index >= 15 is 0 Å². The molecule has 0 aliphatic rings. The summed E-state index contributed by atoms with van der Waals surface area (Å²) in [5.41, 5.74) is 2.67. The lowest BCUT2D eigenvalue weighted by atomic mass is 10.2. The maximum atomic E-state index is 12.0. The molecule has 1 heterocycles. The maximum Gasteiger partial charge on any atom is 0.311 e. The predicted octanol–water partition coefficient (Wildman–Crippen LogP) is 4.61. The van der Waals surface area contributed by atoms with Gasteiger partial charge in [-0.05, 0) is 25.1 Å². The van der Waals surface area contributed by atoms with Crippen LogP contribution in [-0.2, 0) is 23.0 Å². The van der Waals surface area contributed by atoms with Crippen LogP contribution in [0.2, 0.25) is 0 Å². The molecule has 1 aromatic heterocycles. The van der Waals surface area contributed by atoms with Gasteiger partial charge in [0.2, 0.25) is 0 Å². The zero-order chi connectivity index (χ0) is 19.4. The maximum absolute atomic E-state index is 12.0. The van der Waals surface area contributed by atoms with E-state index in [4.69, 9.17) is 4.74 Å². The number of para-hydroxylation sites is 1. The number of hydrogen-bond donors (Lipinski definition) is 0. The van der Waals surface area contributed by atoms with Crippen LogP contribution in [-0.4, -0.2) is 22.1 Å². The molecule has 8 nitrogen and oxygen atoms in total. The summed E-state index contributed by atoms with van der Waals surface area (Å²) in [5.74, 6) is -0.338. The summed E-state index contributed by atoms with van der Waals surface area (Å²) < 4.78 is 6.96. The quantitative estimate of drug-likeness (QED) is 0.275. The van der Waals surface area contributed by atoms with Crippen LogP contribution in [0, 0.1) is 10.1 Å². The minimum absolute atomic E-state index is 0.0119. The number of ether oxygens (including phenoxy) is 1. The third-order valence-corrected chi connectivity index (χ3v) is 4.14. The van der Waals surface area contributed by atoms with E-state index in [-0.39, 0.29) is 18.1 Å². The molecule has 0 unspecified atom stereocenters. The molecular formula is C19H18N4O4. The van der Waals surface area contributed by atoms with Crippen LogP contribution in [0.3, 0.4) is 0 Å². The second-order valence-corrected chi connectivity index (χ2v) is 5.83. The highest BCUT2D eigenvalue weighted by Crippen LogP contribution is 2.34. The lowest BCUT2D eigenvalue weighted by molar-refractivity contribution is -0.384. The minimum Gasteiger partial charge on any atom is -0.466 e. The Balaban J connectivity index is 2.01. The number of aromatic nitrogens is 1. The van der Waals surface area contributed by atoms with Crippen molar-refractivity contribution in [2.24, 2.45) is 17.3 Å². The van der Waals surface area contributed by atoms with Gasteiger partial charge in [-0.2, -0.15) is 5.11 Å². The molecule has 0 saturated carbocycles. The normalized spacial score (nSPS) is 11.2. The van der Waals surface area contributed by atoms with E-state index in [0.29, 0.717) is 23.7 Å². The number of nitro benzene ring substituents is 1. The molecule has 3 rings (SSSR count). The Labute approximate surface area is 155 Å². The Morgan fingerprint density at radius 3 is 2.52 bits per heavy atom. The second kappa shape index (κ2) is 7.77. The number of esters is 1. The number of rotatable bonds is 6. The third-order valence-electron chi connectivity index (χ3n) is 4.14. The topological polar surface area (TPSA) is 99.1 Å². The van der Waals surface area contributed by atoms with Gasteiger partial charge < -0.3 is 9.30 Å². The molecule has 0 spiro atoms. The monoisotopic (exact) mass is 366 g/mol. The fourth-order valence-electron chi connectivity index (χ4n) is 2.84. The molecule has 2 aromatic carbocycles. The van der Waals surface area contributed by atoms with Crippen LogP contribution in [0.25, 0.3) is 10.9 Å². The van der Waals surface area contributed by atoms with Crippen LogP contribution in [0.4, 0.5) is 17.1 Å². The average molecular weight is 366 g/mol. The molecule has 0 N–H and O–H groups in total. The van der Waals surface area contributed by atoms with Gasteiger partial charge in [0.05, 0.1) is 34.8 Å². The van der Waals surface area contributed by atoms with Crippen molar-refractivity contribution >= 4 is 33.9 Å². The van der Waals surface area contributed by atoms with E-state index in [1.165, 1.54) is 24.3 Å². The summed E-state index contributed by atoms with van der Waals surface area (Å²) in [4.78, 5) is 22.3. The number of carbonyl (C=O) groups excluding carboxylic acids is 1. The highest BCUT2D eigenvalue weighted by Gasteiger charge is 2.18. The number of azo groups is 1. The minimum atomic E-state index is -0.469. The first-order chi connectivity index (χ1) is 13.0.